The third-order valence-corrected chi connectivity index (χ3v) is 3.05. The molecular formula is C11H13Cl2NO2. The van der Waals surface area contributed by atoms with Crippen molar-refractivity contribution in [2.24, 2.45) is 5.73 Å². The molecule has 2 rings (SSSR count). The monoisotopic (exact) mass is 261 g/mol. The summed E-state index contributed by atoms with van der Waals surface area (Å²) in [6, 6.07) is 5.25. The van der Waals surface area contributed by atoms with Crippen molar-refractivity contribution >= 4 is 30.0 Å². The molecule has 1 aromatic rings. The molecule has 1 fully saturated rings. The third-order valence-electron chi connectivity index (χ3n) is 2.74. The summed E-state index contributed by atoms with van der Waals surface area (Å²) < 4.78 is 4.60. The van der Waals surface area contributed by atoms with Crippen LogP contribution >= 0.6 is 24.0 Å². The van der Waals surface area contributed by atoms with E-state index < -0.39 is 5.97 Å². The molecule has 2 N–H and O–H groups in total. The van der Waals surface area contributed by atoms with Gasteiger partial charge in [0.1, 0.15) is 0 Å². The molecule has 0 atom stereocenters. The lowest BCUT2D eigenvalue weighted by Crippen LogP contribution is -2.18. The van der Waals surface area contributed by atoms with Crippen molar-refractivity contribution in [3.05, 3.63) is 34.3 Å². The van der Waals surface area contributed by atoms with Crippen molar-refractivity contribution in [2.75, 3.05) is 7.11 Å². The van der Waals surface area contributed by atoms with Crippen LogP contribution in [0.4, 0.5) is 0 Å². The molecule has 5 heteroatoms. The fourth-order valence-electron chi connectivity index (χ4n) is 1.52. The van der Waals surface area contributed by atoms with E-state index in [0.29, 0.717) is 10.6 Å². The highest BCUT2D eigenvalue weighted by Gasteiger charge is 2.40. The lowest BCUT2D eigenvalue weighted by molar-refractivity contribution is 0.0601. The first-order valence-electron chi connectivity index (χ1n) is 4.74. The van der Waals surface area contributed by atoms with Crippen LogP contribution in [0.5, 0.6) is 0 Å². The lowest BCUT2D eigenvalue weighted by Gasteiger charge is -2.10. The summed E-state index contributed by atoms with van der Waals surface area (Å²) in [6.45, 7) is 0. The molecule has 1 aliphatic carbocycles. The first-order chi connectivity index (χ1) is 7.07. The van der Waals surface area contributed by atoms with Crippen molar-refractivity contribution < 1.29 is 9.53 Å². The van der Waals surface area contributed by atoms with E-state index >= 15 is 0 Å². The molecule has 88 valence electrons. The third kappa shape index (κ3) is 2.32. The number of hydrogen-bond donors (Lipinski definition) is 1. The van der Waals surface area contributed by atoms with Crippen LogP contribution in [0.3, 0.4) is 0 Å². The SMILES string of the molecule is COC(=O)c1ccc(C2(N)CC2)cc1Cl.Cl. The average molecular weight is 262 g/mol. The van der Waals surface area contributed by atoms with Gasteiger partial charge in [0, 0.05) is 5.54 Å². The van der Waals surface area contributed by atoms with Crippen LogP contribution in [0.25, 0.3) is 0 Å². The Bertz CT molecular complexity index is 416. The zero-order chi connectivity index (χ0) is 11.1. The molecule has 1 aromatic carbocycles. The molecule has 16 heavy (non-hydrogen) atoms. The van der Waals surface area contributed by atoms with Gasteiger partial charge in [-0.3, -0.25) is 0 Å². The van der Waals surface area contributed by atoms with Crippen molar-refractivity contribution in [1.29, 1.82) is 0 Å². The molecule has 0 aromatic heterocycles. The predicted octanol–water partition coefficient (Wildman–Crippen LogP) is 2.50. The Balaban J connectivity index is 0.00000128. The van der Waals surface area contributed by atoms with Crippen LogP contribution in [-0.2, 0) is 10.3 Å². The van der Waals surface area contributed by atoms with Crippen molar-refractivity contribution in [3.63, 3.8) is 0 Å². The molecule has 0 spiro atoms. The van der Waals surface area contributed by atoms with E-state index in [1.165, 1.54) is 7.11 Å². The van der Waals surface area contributed by atoms with Gasteiger partial charge in [0.15, 0.2) is 0 Å². The fourth-order valence-corrected chi connectivity index (χ4v) is 1.78. The van der Waals surface area contributed by atoms with E-state index in [9.17, 15) is 4.79 Å². The normalized spacial score (nSPS) is 16.2. The number of halogens is 2. The van der Waals surface area contributed by atoms with E-state index in [0.717, 1.165) is 18.4 Å². The highest BCUT2D eigenvalue weighted by molar-refractivity contribution is 6.33. The maximum Gasteiger partial charge on any atom is 0.339 e. The predicted molar refractivity (Wildman–Crippen MR) is 65.1 cm³/mol. The smallest absolute Gasteiger partial charge is 0.339 e. The van der Waals surface area contributed by atoms with Gasteiger partial charge in [-0.15, -0.1) is 12.4 Å². The molecule has 0 unspecified atom stereocenters. The highest BCUT2D eigenvalue weighted by Crippen LogP contribution is 2.43. The van der Waals surface area contributed by atoms with Gasteiger partial charge in [0.05, 0.1) is 17.7 Å². The van der Waals surface area contributed by atoms with Crippen LogP contribution < -0.4 is 5.73 Å². The van der Waals surface area contributed by atoms with Crippen LogP contribution in [0.15, 0.2) is 18.2 Å². The minimum Gasteiger partial charge on any atom is -0.465 e. The minimum atomic E-state index is -0.423. The van der Waals surface area contributed by atoms with Crippen LogP contribution in [0.1, 0.15) is 28.8 Å². The molecule has 0 saturated heterocycles. The summed E-state index contributed by atoms with van der Waals surface area (Å²) in [7, 11) is 1.33. The Labute approximate surface area is 105 Å². The molecule has 0 amide bonds. The maximum atomic E-state index is 11.3. The van der Waals surface area contributed by atoms with Crippen LogP contribution in [-0.4, -0.2) is 13.1 Å². The van der Waals surface area contributed by atoms with E-state index in [1.807, 2.05) is 6.07 Å². The fraction of sp³-hybridized carbons (Fsp3) is 0.364. The second-order valence-corrected chi connectivity index (χ2v) is 4.25. The van der Waals surface area contributed by atoms with Crippen LogP contribution in [0.2, 0.25) is 5.02 Å². The van der Waals surface area contributed by atoms with Gasteiger partial charge in [-0.2, -0.15) is 0 Å². The number of nitrogens with two attached hydrogens (primary N) is 1. The first-order valence-corrected chi connectivity index (χ1v) is 5.12. The van der Waals surface area contributed by atoms with E-state index in [4.69, 9.17) is 17.3 Å². The number of carbonyl (C=O) groups is 1. The van der Waals surface area contributed by atoms with Gasteiger partial charge in [-0.1, -0.05) is 17.7 Å². The maximum absolute atomic E-state index is 11.3. The Morgan fingerprint density at radius 2 is 2.12 bits per heavy atom. The van der Waals surface area contributed by atoms with E-state index in [-0.39, 0.29) is 17.9 Å². The van der Waals surface area contributed by atoms with Crippen molar-refractivity contribution in [2.45, 2.75) is 18.4 Å². The second-order valence-electron chi connectivity index (χ2n) is 3.84. The van der Waals surface area contributed by atoms with Crippen molar-refractivity contribution in [1.82, 2.24) is 0 Å². The summed E-state index contributed by atoms with van der Waals surface area (Å²) in [6.07, 6.45) is 1.95. The molecule has 0 radical (unpaired) electrons. The zero-order valence-corrected chi connectivity index (χ0v) is 10.4. The van der Waals surface area contributed by atoms with Gasteiger partial charge >= 0.3 is 5.97 Å². The Morgan fingerprint density at radius 1 is 1.50 bits per heavy atom. The Kier molecular flexibility index (Phi) is 3.84. The number of benzene rings is 1. The topological polar surface area (TPSA) is 52.3 Å². The van der Waals surface area contributed by atoms with Gasteiger partial charge in [-0.25, -0.2) is 4.79 Å². The minimum absolute atomic E-state index is 0. The molecule has 1 aliphatic rings. The number of carbonyl (C=O) groups excluding carboxylic acids is 1. The lowest BCUT2D eigenvalue weighted by atomic mass is 10.0. The number of ether oxygens (including phenoxy) is 1. The van der Waals surface area contributed by atoms with Crippen molar-refractivity contribution in [3.8, 4) is 0 Å². The molecule has 1 saturated carbocycles. The number of rotatable bonds is 2. The summed E-state index contributed by atoms with van der Waals surface area (Å²) in [5.74, 6) is -0.423. The Hall–Kier alpha value is -0.770. The molecule has 3 nitrogen and oxygen atoms in total. The number of esters is 1. The molecule has 0 aliphatic heterocycles. The van der Waals surface area contributed by atoms with Gasteiger partial charge in [0.2, 0.25) is 0 Å². The van der Waals surface area contributed by atoms with Gasteiger partial charge in [-0.05, 0) is 30.5 Å². The highest BCUT2D eigenvalue weighted by atomic mass is 35.5. The zero-order valence-electron chi connectivity index (χ0n) is 8.83. The summed E-state index contributed by atoms with van der Waals surface area (Å²) in [5, 5.41) is 0.399. The first kappa shape index (κ1) is 13.3. The molecule has 0 bridgehead atoms. The summed E-state index contributed by atoms with van der Waals surface area (Å²) >= 11 is 5.98. The average Bonchev–Trinajstić information content (AvgIpc) is 2.96. The molecule has 0 heterocycles. The standard InChI is InChI=1S/C11H12ClNO2.ClH/c1-15-10(14)8-3-2-7(6-9(8)12)11(13)4-5-11;/h2-3,6H,4-5,13H2,1H3;1H. The van der Waals surface area contributed by atoms with Gasteiger partial charge < -0.3 is 10.5 Å². The molecular weight excluding hydrogens is 249 g/mol. The van der Waals surface area contributed by atoms with Gasteiger partial charge in [0.25, 0.3) is 0 Å². The quantitative estimate of drug-likeness (QED) is 0.833. The number of methoxy groups -OCH3 is 1. The summed E-state index contributed by atoms with van der Waals surface area (Å²) in [4.78, 5) is 11.3. The van der Waals surface area contributed by atoms with Crippen LogP contribution in [0, 0.1) is 0 Å². The Morgan fingerprint density at radius 3 is 2.56 bits per heavy atom. The summed E-state index contributed by atoms with van der Waals surface area (Å²) in [5.41, 5.74) is 7.16. The largest absolute Gasteiger partial charge is 0.465 e. The second kappa shape index (κ2) is 4.62. The van der Waals surface area contributed by atoms with E-state index in [2.05, 4.69) is 4.74 Å². The number of hydrogen-bond acceptors (Lipinski definition) is 3. The van der Waals surface area contributed by atoms with E-state index in [1.54, 1.807) is 12.1 Å².